The number of aromatic hydroxyl groups is 1. The number of halogens is 1. The second-order valence-corrected chi connectivity index (χ2v) is 12.8. The highest BCUT2D eigenvalue weighted by atomic mass is 35.5. The number of hydrogen-bond donors (Lipinski definition) is 4. The number of carbonyl (C=O) groups excluding carboxylic acids is 2. The molecule has 0 saturated carbocycles. The lowest BCUT2D eigenvalue weighted by atomic mass is 9.79. The summed E-state index contributed by atoms with van der Waals surface area (Å²) in [5.41, 5.74) is 2.25. The maximum Gasteiger partial charge on any atom is 0.258 e. The zero-order chi connectivity index (χ0) is 31.6. The third-order valence-electron chi connectivity index (χ3n) is 7.62. The zero-order valence-corrected chi connectivity index (χ0v) is 25.8. The normalized spacial score (nSPS) is 15.6. The molecule has 8 nitrogen and oxygen atoms in total. The Kier molecular flexibility index (Phi) is 8.46. The minimum atomic E-state index is -0.541. The topological polar surface area (TPSA) is 127 Å². The zero-order valence-electron chi connectivity index (χ0n) is 25.0. The third kappa shape index (κ3) is 6.75. The highest BCUT2D eigenvalue weighted by Crippen LogP contribution is 2.36. The van der Waals surface area contributed by atoms with Crippen LogP contribution in [0.15, 0.2) is 78.9 Å². The van der Waals surface area contributed by atoms with Gasteiger partial charge >= 0.3 is 0 Å². The van der Waals surface area contributed by atoms with Crippen molar-refractivity contribution in [3.8, 4) is 34.2 Å². The van der Waals surface area contributed by atoms with Crippen LogP contribution in [0, 0.1) is 11.3 Å². The van der Waals surface area contributed by atoms with Crippen LogP contribution in [0.3, 0.4) is 0 Å². The number of phenolic OH excluding ortho intramolecular Hbond substituents is 1. The number of carbonyl (C=O) groups is 2. The molecule has 44 heavy (non-hydrogen) atoms. The highest BCUT2D eigenvalue weighted by Gasteiger charge is 2.38. The Bertz CT molecular complexity index is 1780. The minimum Gasteiger partial charge on any atom is -0.507 e. The second kappa shape index (κ2) is 12.1. The Hall–Kier alpha value is -4.71. The van der Waals surface area contributed by atoms with Crippen LogP contribution in [0.1, 0.15) is 66.8 Å². The molecule has 9 heteroatoms. The van der Waals surface area contributed by atoms with E-state index in [1.807, 2.05) is 0 Å². The summed E-state index contributed by atoms with van der Waals surface area (Å²) >= 11 is 6.26. The first-order valence-corrected chi connectivity index (χ1v) is 14.7. The van der Waals surface area contributed by atoms with Crippen LogP contribution in [-0.4, -0.2) is 39.0 Å². The predicted molar refractivity (Wildman–Crippen MR) is 173 cm³/mol. The van der Waals surface area contributed by atoms with Crippen molar-refractivity contribution in [3.05, 3.63) is 101 Å². The van der Waals surface area contributed by atoms with Gasteiger partial charge < -0.3 is 21.1 Å². The smallest absolute Gasteiger partial charge is 0.258 e. The first kappa shape index (κ1) is 30.7. The Morgan fingerprint density at radius 1 is 0.932 bits per heavy atom. The van der Waals surface area contributed by atoms with Crippen LogP contribution in [0.2, 0.25) is 5.02 Å². The van der Waals surface area contributed by atoms with E-state index < -0.39 is 5.91 Å². The quantitative estimate of drug-likeness (QED) is 0.188. The van der Waals surface area contributed by atoms with E-state index in [-0.39, 0.29) is 50.7 Å². The van der Waals surface area contributed by atoms with Gasteiger partial charge in [0.05, 0.1) is 16.3 Å². The van der Waals surface area contributed by atoms with Crippen LogP contribution in [0.5, 0.6) is 5.75 Å². The number of pyridine rings is 1. The fourth-order valence-corrected chi connectivity index (χ4v) is 6.37. The van der Waals surface area contributed by atoms with Gasteiger partial charge in [0.15, 0.2) is 5.82 Å². The van der Waals surface area contributed by atoms with Crippen molar-refractivity contribution in [1.82, 2.24) is 15.6 Å². The summed E-state index contributed by atoms with van der Waals surface area (Å²) in [6, 6.07) is 24.1. The van der Waals surface area contributed by atoms with Gasteiger partial charge in [-0.3, -0.25) is 9.59 Å². The first-order valence-electron chi connectivity index (χ1n) is 14.4. The number of anilines is 1. The SMILES string of the molecule is CC1(C)CC(NC(=O)c2cccc(-c3cc(-c4ccccc4O)nc(NC(=O)c4ccccc4Cl)c3C#N)c2)CC(C)(C)N1. The summed E-state index contributed by atoms with van der Waals surface area (Å²) in [6.45, 7) is 8.52. The van der Waals surface area contributed by atoms with Crippen molar-refractivity contribution >= 4 is 29.2 Å². The van der Waals surface area contributed by atoms with Gasteiger partial charge in [-0.15, -0.1) is 0 Å². The predicted octanol–water partition coefficient (Wildman–Crippen LogP) is 6.94. The molecule has 1 aliphatic heterocycles. The van der Waals surface area contributed by atoms with Crippen LogP contribution in [-0.2, 0) is 0 Å². The molecule has 3 aromatic carbocycles. The number of nitrogens with one attached hydrogen (secondary N) is 3. The summed E-state index contributed by atoms with van der Waals surface area (Å²) in [5.74, 6) is -0.769. The molecule has 224 valence electrons. The van der Waals surface area contributed by atoms with Gasteiger partial charge in [0.1, 0.15) is 17.4 Å². The van der Waals surface area contributed by atoms with Crippen molar-refractivity contribution < 1.29 is 14.7 Å². The van der Waals surface area contributed by atoms with Crippen molar-refractivity contribution in [2.75, 3.05) is 5.32 Å². The number of amides is 2. The lowest BCUT2D eigenvalue weighted by Gasteiger charge is -2.46. The molecule has 0 aliphatic carbocycles. The fraction of sp³-hybridized carbons (Fsp3) is 0.257. The van der Waals surface area contributed by atoms with Crippen molar-refractivity contribution in [1.29, 1.82) is 5.26 Å². The van der Waals surface area contributed by atoms with Gasteiger partial charge in [-0.1, -0.05) is 48.0 Å². The minimum absolute atomic E-state index is 0.00203. The van der Waals surface area contributed by atoms with E-state index >= 15 is 0 Å². The van der Waals surface area contributed by atoms with Crippen LogP contribution in [0.4, 0.5) is 5.82 Å². The Morgan fingerprint density at radius 2 is 1.61 bits per heavy atom. The first-order chi connectivity index (χ1) is 20.9. The third-order valence-corrected chi connectivity index (χ3v) is 7.95. The van der Waals surface area contributed by atoms with Crippen LogP contribution in [0.25, 0.3) is 22.4 Å². The van der Waals surface area contributed by atoms with Gasteiger partial charge in [-0.25, -0.2) is 4.98 Å². The molecule has 4 N–H and O–H groups in total. The number of benzene rings is 3. The largest absolute Gasteiger partial charge is 0.507 e. The lowest BCUT2D eigenvalue weighted by molar-refractivity contribution is 0.0872. The summed E-state index contributed by atoms with van der Waals surface area (Å²) in [7, 11) is 0. The maximum absolute atomic E-state index is 13.5. The van der Waals surface area contributed by atoms with E-state index in [0.717, 1.165) is 12.8 Å². The van der Waals surface area contributed by atoms with Crippen molar-refractivity contribution in [3.63, 3.8) is 0 Å². The molecule has 0 bridgehead atoms. The molecule has 1 aromatic heterocycles. The molecule has 1 aliphatic rings. The van der Waals surface area contributed by atoms with E-state index in [0.29, 0.717) is 27.9 Å². The molecule has 0 atom stereocenters. The summed E-state index contributed by atoms with van der Waals surface area (Å²) in [6.07, 6.45) is 1.56. The van der Waals surface area contributed by atoms with Crippen molar-refractivity contribution in [2.45, 2.75) is 57.7 Å². The molecule has 0 unspecified atom stereocenters. The van der Waals surface area contributed by atoms with Crippen molar-refractivity contribution in [2.24, 2.45) is 0 Å². The Labute approximate surface area is 262 Å². The monoisotopic (exact) mass is 607 g/mol. The van der Waals surface area contributed by atoms with Gasteiger partial charge in [0.2, 0.25) is 0 Å². The molecule has 2 heterocycles. The van der Waals surface area contributed by atoms with E-state index in [1.54, 1.807) is 72.8 Å². The Morgan fingerprint density at radius 3 is 2.30 bits per heavy atom. The van der Waals surface area contributed by atoms with E-state index in [1.165, 1.54) is 6.07 Å². The molecule has 0 radical (unpaired) electrons. The van der Waals surface area contributed by atoms with E-state index in [2.05, 4.69) is 54.7 Å². The number of nitrogens with zero attached hydrogens (tertiary/aromatic N) is 2. The maximum atomic E-state index is 13.5. The number of nitriles is 1. The molecular formula is C35H34ClN5O3. The van der Waals surface area contributed by atoms with Crippen LogP contribution >= 0.6 is 11.6 Å². The molecular weight excluding hydrogens is 574 g/mol. The van der Waals surface area contributed by atoms with E-state index in [9.17, 15) is 20.0 Å². The molecule has 5 rings (SSSR count). The number of piperidine rings is 1. The summed E-state index contributed by atoms with van der Waals surface area (Å²) < 4.78 is 0. The highest BCUT2D eigenvalue weighted by molar-refractivity contribution is 6.34. The van der Waals surface area contributed by atoms with Gasteiger partial charge in [0, 0.05) is 33.8 Å². The number of hydrogen-bond acceptors (Lipinski definition) is 6. The van der Waals surface area contributed by atoms with Gasteiger partial charge in [-0.2, -0.15) is 5.26 Å². The second-order valence-electron chi connectivity index (χ2n) is 12.4. The lowest BCUT2D eigenvalue weighted by Crippen LogP contribution is -2.62. The molecule has 1 fully saturated rings. The standard InChI is InChI=1S/C35H34ClN5O3/c1-34(2)18-23(19-35(3,4)41-34)38-32(43)22-11-9-10-21(16-22)26-17-29(25-13-6-8-15-30(25)42)39-31(27(26)20-37)40-33(44)24-12-5-7-14-28(24)36/h5-17,23,41-42H,18-19H2,1-4H3,(H,38,43)(H,39,40,44). The average molecular weight is 608 g/mol. The van der Waals surface area contributed by atoms with Gasteiger partial charge in [-0.05, 0) is 88.6 Å². The Balaban J connectivity index is 1.55. The number of para-hydroxylation sites is 1. The number of aromatic nitrogens is 1. The van der Waals surface area contributed by atoms with Crippen LogP contribution < -0.4 is 16.0 Å². The molecule has 0 spiro atoms. The fourth-order valence-electron chi connectivity index (χ4n) is 6.15. The number of rotatable bonds is 6. The average Bonchev–Trinajstić information content (AvgIpc) is 2.95. The van der Waals surface area contributed by atoms with E-state index in [4.69, 9.17) is 11.6 Å². The molecule has 2 amide bonds. The molecule has 4 aromatic rings. The molecule has 1 saturated heterocycles. The summed E-state index contributed by atoms with van der Waals surface area (Å²) in [5, 5.41) is 30.7. The summed E-state index contributed by atoms with van der Waals surface area (Å²) in [4.78, 5) is 31.3. The number of phenols is 1. The van der Waals surface area contributed by atoms with Gasteiger partial charge in [0.25, 0.3) is 11.8 Å².